The molecule has 0 spiro atoms. The Morgan fingerprint density at radius 2 is 2.14 bits per heavy atom. The van der Waals surface area contributed by atoms with Crippen molar-refractivity contribution in [1.29, 1.82) is 0 Å². The number of nitrogens with zero attached hydrogens (tertiary/aromatic N) is 1. The predicted octanol–water partition coefficient (Wildman–Crippen LogP) is 4.13. The van der Waals surface area contributed by atoms with Crippen LogP contribution in [-0.4, -0.2) is 4.92 Å². The summed E-state index contributed by atoms with van der Waals surface area (Å²) in [4.78, 5) is 10.5. The van der Waals surface area contributed by atoms with Gasteiger partial charge < -0.3 is 9.73 Å². The average molecular weight is 288 g/mol. The van der Waals surface area contributed by atoms with E-state index in [1.54, 1.807) is 12.1 Å². The van der Waals surface area contributed by atoms with E-state index in [1.165, 1.54) is 6.07 Å². The van der Waals surface area contributed by atoms with Gasteiger partial charge in [0, 0.05) is 18.2 Å². The maximum Gasteiger partial charge on any atom is 0.269 e. The van der Waals surface area contributed by atoms with Crippen LogP contribution < -0.4 is 5.32 Å². The van der Waals surface area contributed by atoms with Crippen LogP contribution in [0.5, 0.6) is 0 Å². The first-order valence-corrected chi connectivity index (χ1v) is 7.13. The SMILES string of the molecule is CCCC(NCc1ccc(C)o1)c1cccc([N+](=O)[O-])c1. The zero-order valence-electron chi connectivity index (χ0n) is 12.3. The fraction of sp³-hybridized carbons (Fsp3) is 0.375. The molecule has 112 valence electrons. The first kappa shape index (κ1) is 15.3. The van der Waals surface area contributed by atoms with Gasteiger partial charge in [0.15, 0.2) is 0 Å². The van der Waals surface area contributed by atoms with Gasteiger partial charge >= 0.3 is 0 Å². The Morgan fingerprint density at radius 1 is 1.33 bits per heavy atom. The number of furan rings is 1. The monoisotopic (exact) mass is 288 g/mol. The molecule has 2 aromatic rings. The van der Waals surface area contributed by atoms with E-state index in [0.717, 1.165) is 29.9 Å². The first-order chi connectivity index (χ1) is 10.1. The van der Waals surface area contributed by atoms with Crippen molar-refractivity contribution in [3.05, 3.63) is 63.6 Å². The Balaban J connectivity index is 2.10. The molecule has 0 aliphatic carbocycles. The number of hydrogen-bond donors (Lipinski definition) is 1. The number of nitro benzene ring substituents is 1. The number of non-ortho nitro benzene ring substituents is 1. The third-order valence-corrected chi connectivity index (χ3v) is 3.38. The molecule has 0 saturated carbocycles. The Labute approximate surface area is 124 Å². The third kappa shape index (κ3) is 4.16. The molecule has 0 saturated heterocycles. The summed E-state index contributed by atoms with van der Waals surface area (Å²) in [5, 5.41) is 14.3. The van der Waals surface area contributed by atoms with Crippen LogP contribution in [0.2, 0.25) is 0 Å². The summed E-state index contributed by atoms with van der Waals surface area (Å²) in [5.74, 6) is 1.76. The molecule has 2 rings (SSSR count). The van der Waals surface area contributed by atoms with E-state index in [9.17, 15) is 10.1 Å². The largest absolute Gasteiger partial charge is 0.465 e. The van der Waals surface area contributed by atoms with E-state index >= 15 is 0 Å². The second-order valence-corrected chi connectivity index (χ2v) is 5.09. The molecule has 21 heavy (non-hydrogen) atoms. The lowest BCUT2D eigenvalue weighted by Crippen LogP contribution is -2.20. The Hall–Kier alpha value is -2.14. The lowest BCUT2D eigenvalue weighted by Gasteiger charge is -2.17. The van der Waals surface area contributed by atoms with Gasteiger partial charge in [-0.25, -0.2) is 0 Å². The molecule has 1 aromatic carbocycles. The highest BCUT2D eigenvalue weighted by molar-refractivity contribution is 5.35. The summed E-state index contributed by atoms with van der Waals surface area (Å²) >= 11 is 0. The molecule has 0 bridgehead atoms. The average Bonchev–Trinajstić information content (AvgIpc) is 2.89. The van der Waals surface area contributed by atoms with Gasteiger partial charge in [0.2, 0.25) is 0 Å². The lowest BCUT2D eigenvalue weighted by molar-refractivity contribution is -0.384. The normalized spacial score (nSPS) is 12.3. The van der Waals surface area contributed by atoms with Crippen molar-refractivity contribution >= 4 is 5.69 Å². The number of benzene rings is 1. The molecule has 0 fully saturated rings. The maximum atomic E-state index is 10.9. The van der Waals surface area contributed by atoms with Crippen LogP contribution in [0.4, 0.5) is 5.69 Å². The van der Waals surface area contributed by atoms with Crippen molar-refractivity contribution in [3.8, 4) is 0 Å². The molecule has 1 N–H and O–H groups in total. The fourth-order valence-electron chi connectivity index (χ4n) is 2.33. The molecule has 1 unspecified atom stereocenters. The van der Waals surface area contributed by atoms with Crippen LogP contribution in [0, 0.1) is 17.0 Å². The third-order valence-electron chi connectivity index (χ3n) is 3.38. The topological polar surface area (TPSA) is 68.3 Å². The van der Waals surface area contributed by atoms with Crippen molar-refractivity contribution in [2.45, 2.75) is 39.3 Å². The minimum Gasteiger partial charge on any atom is -0.465 e. The van der Waals surface area contributed by atoms with Crippen LogP contribution in [0.15, 0.2) is 40.8 Å². The molecule has 1 heterocycles. The van der Waals surface area contributed by atoms with E-state index in [-0.39, 0.29) is 16.7 Å². The molecule has 0 aliphatic rings. The highest BCUT2D eigenvalue weighted by Crippen LogP contribution is 2.23. The molecule has 5 nitrogen and oxygen atoms in total. The quantitative estimate of drug-likeness (QED) is 0.614. The van der Waals surface area contributed by atoms with Crippen LogP contribution in [-0.2, 0) is 6.54 Å². The summed E-state index contributed by atoms with van der Waals surface area (Å²) in [6, 6.07) is 10.8. The standard InChI is InChI=1S/C16H20N2O3/c1-3-5-16(17-11-15-9-8-12(2)21-15)13-6-4-7-14(10-13)18(19)20/h4,6-10,16-17H,3,5,11H2,1-2H3. The summed E-state index contributed by atoms with van der Waals surface area (Å²) in [6.45, 7) is 4.62. The van der Waals surface area contributed by atoms with Gasteiger partial charge in [-0.05, 0) is 31.0 Å². The highest BCUT2D eigenvalue weighted by Gasteiger charge is 2.14. The van der Waals surface area contributed by atoms with Gasteiger partial charge in [-0.2, -0.15) is 0 Å². The van der Waals surface area contributed by atoms with Crippen LogP contribution in [0.1, 0.15) is 42.9 Å². The molecular formula is C16H20N2O3. The molecular weight excluding hydrogens is 268 g/mol. The van der Waals surface area contributed by atoms with Gasteiger partial charge in [-0.1, -0.05) is 25.5 Å². The van der Waals surface area contributed by atoms with E-state index in [0.29, 0.717) is 6.54 Å². The zero-order chi connectivity index (χ0) is 15.2. The predicted molar refractivity (Wildman–Crippen MR) is 81.0 cm³/mol. The Bertz CT molecular complexity index is 607. The van der Waals surface area contributed by atoms with Crippen molar-refractivity contribution < 1.29 is 9.34 Å². The summed E-state index contributed by atoms with van der Waals surface area (Å²) < 4.78 is 5.54. The summed E-state index contributed by atoms with van der Waals surface area (Å²) in [6.07, 6.45) is 1.92. The van der Waals surface area contributed by atoms with Crippen LogP contribution in [0.3, 0.4) is 0 Å². The smallest absolute Gasteiger partial charge is 0.269 e. The second kappa shape index (κ2) is 7.04. The van der Waals surface area contributed by atoms with Gasteiger partial charge in [0.1, 0.15) is 11.5 Å². The maximum absolute atomic E-state index is 10.9. The molecule has 1 atom stereocenters. The number of nitrogens with one attached hydrogen (secondary N) is 1. The number of nitro groups is 1. The van der Waals surface area contributed by atoms with E-state index in [2.05, 4.69) is 12.2 Å². The van der Waals surface area contributed by atoms with Gasteiger partial charge in [-0.15, -0.1) is 0 Å². The zero-order valence-corrected chi connectivity index (χ0v) is 12.3. The van der Waals surface area contributed by atoms with E-state index in [1.807, 2.05) is 25.1 Å². The number of rotatable bonds is 7. The van der Waals surface area contributed by atoms with E-state index in [4.69, 9.17) is 4.42 Å². The lowest BCUT2D eigenvalue weighted by atomic mass is 10.0. The van der Waals surface area contributed by atoms with Crippen molar-refractivity contribution in [2.75, 3.05) is 0 Å². The van der Waals surface area contributed by atoms with Gasteiger partial charge in [0.05, 0.1) is 11.5 Å². The fourth-order valence-corrected chi connectivity index (χ4v) is 2.33. The second-order valence-electron chi connectivity index (χ2n) is 5.09. The Morgan fingerprint density at radius 3 is 2.76 bits per heavy atom. The molecule has 5 heteroatoms. The minimum atomic E-state index is -0.359. The van der Waals surface area contributed by atoms with Crippen molar-refractivity contribution in [2.24, 2.45) is 0 Å². The number of hydrogen-bond acceptors (Lipinski definition) is 4. The summed E-state index contributed by atoms with van der Waals surface area (Å²) in [7, 11) is 0. The molecule has 1 aromatic heterocycles. The highest BCUT2D eigenvalue weighted by atomic mass is 16.6. The van der Waals surface area contributed by atoms with Crippen molar-refractivity contribution in [1.82, 2.24) is 5.32 Å². The van der Waals surface area contributed by atoms with Crippen LogP contribution in [0.25, 0.3) is 0 Å². The van der Waals surface area contributed by atoms with E-state index < -0.39 is 0 Å². The molecule has 0 aliphatic heterocycles. The molecule has 0 radical (unpaired) electrons. The summed E-state index contributed by atoms with van der Waals surface area (Å²) in [5.41, 5.74) is 1.07. The van der Waals surface area contributed by atoms with Crippen LogP contribution >= 0.6 is 0 Å². The molecule has 0 amide bonds. The Kier molecular flexibility index (Phi) is 5.11. The van der Waals surface area contributed by atoms with Crippen molar-refractivity contribution in [3.63, 3.8) is 0 Å². The van der Waals surface area contributed by atoms with Gasteiger partial charge in [0.25, 0.3) is 5.69 Å². The minimum absolute atomic E-state index is 0.0836. The number of aryl methyl sites for hydroxylation is 1. The van der Waals surface area contributed by atoms with Gasteiger partial charge in [-0.3, -0.25) is 10.1 Å². The first-order valence-electron chi connectivity index (χ1n) is 7.13.